The first-order valence-electron chi connectivity index (χ1n) is 6.32. The molecule has 0 aromatic carbocycles. The number of thioether (sulfide) groups is 1. The van der Waals surface area contributed by atoms with E-state index in [9.17, 15) is 10.1 Å². The van der Waals surface area contributed by atoms with Gasteiger partial charge in [-0.15, -0.1) is 10.2 Å². The van der Waals surface area contributed by atoms with Crippen LogP contribution < -0.4 is 0 Å². The summed E-state index contributed by atoms with van der Waals surface area (Å²) in [5, 5.41) is 19.0. The minimum Gasteiger partial charge on any atom is -0.459 e. The van der Waals surface area contributed by atoms with Gasteiger partial charge in [-0.05, 0) is 17.1 Å². The van der Waals surface area contributed by atoms with Gasteiger partial charge in [-0.25, -0.2) is 9.55 Å². The smallest absolute Gasteiger partial charge is 0.342 e. The van der Waals surface area contributed by atoms with Crippen LogP contribution in [0, 0.1) is 17.0 Å². The van der Waals surface area contributed by atoms with Crippen molar-refractivity contribution >= 4 is 17.6 Å². The molecule has 0 N–H and O–H groups in total. The van der Waals surface area contributed by atoms with Crippen LogP contribution in [0.5, 0.6) is 0 Å². The summed E-state index contributed by atoms with van der Waals surface area (Å²) >= 11 is 1.31. The molecule has 114 valence electrons. The molecule has 9 nitrogen and oxygen atoms in total. The SMILES string of the molecule is Cc1ncc([N+](=O)[O-])n1CCSc1nnc(-c2ccco2)o1. The molecule has 22 heavy (non-hydrogen) atoms. The molecule has 0 atom stereocenters. The average Bonchev–Trinajstić information content (AvgIpc) is 3.20. The van der Waals surface area contributed by atoms with E-state index in [4.69, 9.17) is 8.83 Å². The number of aromatic nitrogens is 4. The van der Waals surface area contributed by atoms with Gasteiger partial charge in [-0.1, -0.05) is 11.8 Å². The Labute approximate surface area is 128 Å². The molecule has 0 unspecified atom stereocenters. The molecule has 3 rings (SSSR count). The Morgan fingerprint density at radius 3 is 3.05 bits per heavy atom. The molecular formula is C12H11N5O4S. The third kappa shape index (κ3) is 2.86. The molecule has 0 spiro atoms. The highest BCUT2D eigenvalue weighted by atomic mass is 32.2. The molecule has 0 aliphatic rings. The average molecular weight is 321 g/mol. The van der Waals surface area contributed by atoms with Crippen LogP contribution >= 0.6 is 11.8 Å². The Balaban J connectivity index is 1.62. The van der Waals surface area contributed by atoms with Crippen molar-refractivity contribution in [2.24, 2.45) is 0 Å². The number of nitro groups is 1. The molecule has 0 amide bonds. The summed E-state index contributed by atoms with van der Waals surface area (Å²) in [6, 6.07) is 3.45. The summed E-state index contributed by atoms with van der Waals surface area (Å²) in [4.78, 5) is 14.4. The lowest BCUT2D eigenvalue weighted by Gasteiger charge is -2.01. The molecule has 0 bridgehead atoms. The highest BCUT2D eigenvalue weighted by Crippen LogP contribution is 2.24. The summed E-state index contributed by atoms with van der Waals surface area (Å²) in [6.45, 7) is 2.14. The first-order valence-corrected chi connectivity index (χ1v) is 7.30. The fraction of sp³-hybridized carbons (Fsp3) is 0.250. The van der Waals surface area contributed by atoms with Gasteiger partial charge < -0.3 is 18.9 Å². The predicted molar refractivity (Wildman–Crippen MR) is 76.3 cm³/mol. The highest BCUT2D eigenvalue weighted by molar-refractivity contribution is 7.99. The van der Waals surface area contributed by atoms with Crippen molar-refractivity contribution < 1.29 is 13.8 Å². The maximum atomic E-state index is 10.9. The van der Waals surface area contributed by atoms with Gasteiger partial charge in [0.15, 0.2) is 11.6 Å². The zero-order valence-electron chi connectivity index (χ0n) is 11.5. The van der Waals surface area contributed by atoms with E-state index in [0.29, 0.717) is 35.0 Å². The van der Waals surface area contributed by atoms with Gasteiger partial charge in [0.25, 0.3) is 11.1 Å². The summed E-state index contributed by atoms with van der Waals surface area (Å²) < 4.78 is 12.1. The first kappa shape index (κ1) is 14.3. The van der Waals surface area contributed by atoms with Crippen LogP contribution in [-0.2, 0) is 6.54 Å². The van der Waals surface area contributed by atoms with Crippen LogP contribution in [0.1, 0.15) is 5.82 Å². The van der Waals surface area contributed by atoms with Crippen molar-refractivity contribution in [1.82, 2.24) is 19.7 Å². The number of hydrogen-bond acceptors (Lipinski definition) is 8. The maximum Gasteiger partial charge on any atom is 0.342 e. The van der Waals surface area contributed by atoms with Crippen molar-refractivity contribution in [3.8, 4) is 11.7 Å². The number of imidazole rings is 1. The quantitative estimate of drug-likeness (QED) is 0.386. The van der Waals surface area contributed by atoms with E-state index < -0.39 is 4.92 Å². The van der Waals surface area contributed by atoms with E-state index in [-0.39, 0.29) is 5.82 Å². The van der Waals surface area contributed by atoms with Crippen molar-refractivity contribution in [3.05, 3.63) is 40.5 Å². The molecule has 0 fully saturated rings. The van der Waals surface area contributed by atoms with Gasteiger partial charge in [-0.2, -0.15) is 0 Å². The lowest BCUT2D eigenvalue weighted by atomic mass is 10.5. The first-order chi connectivity index (χ1) is 10.6. The Hall–Kier alpha value is -2.62. The number of nitrogens with zero attached hydrogens (tertiary/aromatic N) is 5. The third-order valence-electron chi connectivity index (χ3n) is 2.90. The second kappa shape index (κ2) is 6.02. The van der Waals surface area contributed by atoms with Crippen LogP contribution in [0.25, 0.3) is 11.7 Å². The summed E-state index contributed by atoms with van der Waals surface area (Å²) in [5.41, 5.74) is 0. The molecule has 10 heteroatoms. The highest BCUT2D eigenvalue weighted by Gasteiger charge is 2.18. The van der Waals surface area contributed by atoms with Crippen molar-refractivity contribution in [2.75, 3.05) is 5.75 Å². The van der Waals surface area contributed by atoms with Crippen molar-refractivity contribution in [2.45, 2.75) is 18.7 Å². The van der Waals surface area contributed by atoms with E-state index in [2.05, 4.69) is 15.2 Å². The third-order valence-corrected chi connectivity index (χ3v) is 3.70. The Kier molecular flexibility index (Phi) is 3.92. The second-order valence-corrected chi connectivity index (χ2v) is 5.32. The van der Waals surface area contributed by atoms with Gasteiger partial charge in [0.05, 0.1) is 6.26 Å². The lowest BCUT2D eigenvalue weighted by Crippen LogP contribution is -2.06. The van der Waals surface area contributed by atoms with Crippen molar-refractivity contribution in [3.63, 3.8) is 0 Å². The molecule has 3 aromatic heterocycles. The molecule has 0 aliphatic carbocycles. The largest absolute Gasteiger partial charge is 0.459 e. The number of hydrogen-bond donors (Lipinski definition) is 0. The van der Waals surface area contributed by atoms with Crippen LogP contribution in [0.15, 0.2) is 38.6 Å². The fourth-order valence-electron chi connectivity index (χ4n) is 1.87. The monoisotopic (exact) mass is 321 g/mol. The Bertz CT molecular complexity index is 779. The predicted octanol–water partition coefficient (Wildman–Crippen LogP) is 2.54. The molecule has 3 aromatic rings. The normalized spacial score (nSPS) is 11.0. The summed E-state index contributed by atoms with van der Waals surface area (Å²) in [6.07, 6.45) is 2.77. The molecule has 0 saturated heterocycles. The molecule has 0 aliphatic heterocycles. The van der Waals surface area contributed by atoms with Crippen LogP contribution in [0.3, 0.4) is 0 Å². The fourth-order valence-corrected chi connectivity index (χ4v) is 2.56. The Morgan fingerprint density at radius 2 is 2.32 bits per heavy atom. The molecule has 0 saturated carbocycles. The zero-order chi connectivity index (χ0) is 15.5. The van der Waals surface area contributed by atoms with E-state index >= 15 is 0 Å². The van der Waals surface area contributed by atoms with Gasteiger partial charge in [0.1, 0.15) is 12.7 Å². The van der Waals surface area contributed by atoms with Gasteiger partial charge in [0, 0.05) is 12.7 Å². The van der Waals surface area contributed by atoms with Crippen LogP contribution in [-0.4, -0.2) is 30.4 Å². The Morgan fingerprint density at radius 1 is 1.45 bits per heavy atom. The summed E-state index contributed by atoms with van der Waals surface area (Å²) in [7, 11) is 0. The number of aryl methyl sites for hydroxylation is 1. The van der Waals surface area contributed by atoms with E-state index in [1.54, 1.807) is 19.1 Å². The molecule has 0 radical (unpaired) electrons. The van der Waals surface area contributed by atoms with Gasteiger partial charge >= 0.3 is 5.82 Å². The van der Waals surface area contributed by atoms with Crippen LogP contribution in [0.4, 0.5) is 5.82 Å². The molecule has 3 heterocycles. The topological polar surface area (TPSA) is 113 Å². The van der Waals surface area contributed by atoms with E-state index in [0.717, 1.165) is 0 Å². The van der Waals surface area contributed by atoms with Gasteiger partial charge in [0.2, 0.25) is 0 Å². The second-order valence-electron chi connectivity index (χ2n) is 4.27. The van der Waals surface area contributed by atoms with E-state index in [1.807, 2.05) is 0 Å². The minimum absolute atomic E-state index is 0.0279. The van der Waals surface area contributed by atoms with E-state index in [1.165, 1.54) is 28.8 Å². The summed E-state index contributed by atoms with van der Waals surface area (Å²) in [5.74, 6) is 1.91. The maximum absolute atomic E-state index is 10.9. The minimum atomic E-state index is -0.452. The van der Waals surface area contributed by atoms with Crippen molar-refractivity contribution in [1.29, 1.82) is 0 Å². The number of rotatable bonds is 6. The number of furan rings is 1. The lowest BCUT2D eigenvalue weighted by molar-refractivity contribution is -0.392. The van der Waals surface area contributed by atoms with Gasteiger partial charge in [-0.3, -0.25) is 0 Å². The van der Waals surface area contributed by atoms with Crippen LogP contribution in [0.2, 0.25) is 0 Å². The molecular weight excluding hydrogens is 310 g/mol. The standard InChI is InChI=1S/C12H11N5O4S/c1-8-13-7-10(17(18)19)16(8)4-6-22-12-15-14-11(21-12)9-3-2-5-20-9/h2-3,5,7H,4,6H2,1H3. The zero-order valence-corrected chi connectivity index (χ0v) is 12.3.